The van der Waals surface area contributed by atoms with Crippen LogP contribution in [0.2, 0.25) is 0 Å². The van der Waals surface area contributed by atoms with Gasteiger partial charge in [0.2, 0.25) is 0 Å². The first kappa shape index (κ1) is 17.8. The van der Waals surface area contributed by atoms with Crippen molar-refractivity contribution in [2.24, 2.45) is 0 Å². The van der Waals surface area contributed by atoms with Crippen LogP contribution in [0.3, 0.4) is 0 Å². The van der Waals surface area contributed by atoms with E-state index < -0.39 is 0 Å². The maximum absolute atomic E-state index is 13.1. The van der Waals surface area contributed by atoms with Crippen molar-refractivity contribution in [1.82, 2.24) is 5.32 Å². The van der Waals surface area contributed by atoms with Crippen LogP contribution in [-0.2, 0) is 0 Å². The van der Waals surface area contributed by atoms with Crippen LogP contribution in [-0.4, -0.2) is 35.6 Å². The zero-order valence-corrected chi connectivity index (χ0v) is 14.7. The second-order valence-electron chi connectivity index (χ2n) is 6.29. The molecule has 0 saturated heterocycles. The molecule has 6 nitrogen and oxygen atoms in total. The molecule has 2 aromatic carbocycles. The molecular formula is C20H23N3O3. The van der Waals surface area contributed by atoms with Gasteiger partial charge in [-0.15, -0.1) is 0 Å². The molecule has 3 rings (SSSR count). The number of benzene rings is 2. The molecule has 0 fully saturated rings. The molecule has 2 aromatic rings. The van der Waals surface area contributed by atoms with Crippen molar-refractivity contribution in [2.75, 3.05) is 30.7 Å². The van der Waals surface area contributed by atoms with Crippen LogP contribution in [0.25, 0.3) is 5.57 Å². The summed E-state index contributed by atoms with van der Waals surface area (Å²) in [5.74, 6) is -0.678. The monoisotopic (exact) mass is 353 g/mol. The number of carbonyl (C=O) groups excluding carboxylic acids is 1. The highest BCUT2D eigenvalue weighted by molar-refractivity contribution is 6.24. The Morgan fingerprint density at radius 2 is 1.65 bits per heavy atom. The predicted octanol–water partition coefficient (Wildman–Crippen LogP) is 2.70. The average molecular weight is 353 g/mol. The minimum absolute atomic E-state index is 0.0558. The number of carbonyl (C=O) groups is 1. The summed E-state index contributed by atoms with van der Waals surface area (Å²) in [4.78, 5) is 13.1. The highest BCUT2D eigenvalue weighted by Gasteiger charge is 2.34. The zero-order valence-electron chi connectivity index (χ0n) is 14.7. The van der Waals surface area contributed by atoms with E-state index in [1.54, 1.807) is 12.1 Å². The highest BCUT2D eigenvalue weighted by atomic mass is 16.3. The largest absolute Gasteiger partial charge is 0.507 e. The molecule has 1 aliphatic carbocycles. The fraction of sp³-hybridized carbons (Fsp3) is 0.250. The van der Waals surface area contributed by atoms with E-state index in [-0.39, 0.29) is 28.4 Å². The molecular weight excluding hydrogens is 330 g/mol. The Balaban J connectivity index is 2.04. The van der Waals surface area contributed by atoms with Gasteiger partial charge in [-0.05, 0) is 42.8 Å². The first-order valence-corrected chi connectivity index (χ1v) is 8.63. The normalized spacial score (nSPS) is 12.7. The number of hydrogen-bond donors (Lipinski definition) is 5. The number of anilines is 2. The van der Waals surface area contributed by atoms with Gasteiger partial charge in [0, 0.05) is 35.6 Å². The lowest BCUT2D eigenvalue weighted by Crippen LogP contribution is -2.24. The fourth-order valence-corrected chi connectivity index (χ4v) is 3.28. The van der Waals surface area contributed by atoms with Crippen LogP contribution < -0.4 is 16.4 Å². The summed E-state index contributed by atoms with van der Waals surface area (Å²) >= 11 is 0. The molecule has 6 N–H and O–H groups in total. The third-order valence-electron chi connectivity index (χ3n) is 4.50. The van der Waals surface area contributed by atoms with Crippen LogP contribution in [0.5, 0.6) is 11.5 Å². The van der Waals surface area contributed by atoms with E-state index >= 15 is 0 Å². The molecule has 0 unspecified atom stereocenters. The van der Waals surface area contributed by atoms with Crippen LogP contribution in [0.15, 0.2) is 30.8 Å². The smallest absolute Gasteiger partial charge is 0.200 e. The summed E-state index contributed by atoms with van der Waals surface area (Å²) in [5.41, 5.74) is 8.72. The molecule has 0 amide bonds. The highest BCUT2D eigenvalue weighted by Crippen LogP contribution is 2.46. The average Bonchev–Trinajstić information content (AvgIpc) is 2.62. The molecule has 0 spiro atoms. The molecule has 6 heteroatoms. The van der Waals surface area contributed by atoms with Crippen molar-refractivity contribution in [3.05, 3.63) is 53.1 Å². The van der Waals surface area contributed by atoms with E-state index in [1.165, 1.54) is 12.1 Å². The maximum atomic E-state index is 13.1. The summed E-state index contributed by atoms with van der Waals surface area (Å²) in [7, 11) is 0. The Kier molecular flexibility index (Phi) is 4.86. The molecule has 26 heavy (non-hydrogen) atoms. The van der Waals surface area contributed by atoms with Crippen LogP contribution >= 0.6 is 0 Å². The molecule has 0 aliphatic heterocycles. The molecule has 0 atom stereocenters. The first-order valence-electron chi connectivity index (χ1n) is 8.63. The Bertz CT molecular complexity index is 890. The number of phenolic OH excluding ortho intramolecular Hbond substituents is 2. The number of rotatable bonds is 6. The van der Waals surface area contributed by atoms with Crippen molar-refractivity contribution in [2.45, 2.75) is 13.3 Å². The number of hydrogen-bond acceptors (Lipinski definition) is 6. The van der Waals surface area contributed by atoms with Crippen LogP contribution in [0.1, 0.15) is 40.4 Å². The van der Waals surface area contributed by atoms with Gasteiger partial charge in [0.05, 0.1) is 11.1 Å². The van der Waals surface area contributed by atoms with Gasteiger partial charge < -0.3 is 26.6 Å². The topological polar surface area (TPSA) is 108 Å². The van der Waals surface area contributed by atoms with E-state index in [0.717, 1.165) is 19.5 Å². The van der Waals surface area contributed by atoms with Gasteiger partial charge in [-0.3, -0.25) is 4.79 Å². The minimum Gasteiger partial charge on any atom is -0.507 e. The van der Waals surface area contributed by atoms with Gasteiger partial charge in [-0.1, -0.05) is 13.5 Å². The number of nitrogens with two attached hydrogens (primary N) is 1. The molecule has 136 valence electrons. The van der Waals surface area contributed by atoms with E-state index in [0.29, 0.717) is 34.6 Å². The minimum atomic E-state index is -0.382. The lowest BCUT2D eigenvalue weighted by atomic mass is 9.79. The summed E-state index contributed by atoms with van der Waals surface area (Å²) < 4.78 is 0. The predicted molar refractivity (Wildman–Crippen MR) is 104 cm³/mol. The number of nitrogen functional groups attached to an aromatic ring is 1. The van der Waals surface area contributed by atoms with Crippen molar-refractivity contribution >= 4 is 22.7 Å². The van der Waals surface area contributed by atoms with Crippen molar-refractivity contribution < 1.29 is 15.0 Å². The van der Waals surface area contributed by atoms with E-state index in [4.69, 9.17) is 5.73 Å². The SMILES string of the molecule is C=C1c2c(N)ccc(NCCNCCC)c2C(=O)c2c(O)ccc(O)c21. The first-order chi connectivity index (χ1) is 12.5. The second kappa shape index (κ2) is 7.09. The van der Waals surface area contributed by atoms with Gasteiger partial charge >= 0.3 is 0 Å². The molecule has 1 aliphatic rings. The van der Waals surface area contributed by atoms with Crippen molar-refractivity contribution in [1.29, 1.82) is 0 Å². The standard InChI is InChI=1S/C20H23N3O3/c1-3-8-22-9-10-23-13-5-4-12(21)16-11(2)17-14(24)6-7-15(25)19(17)20(26)18(13)16/h4-7,22-25H,2-3,8-10,21H2,1H3. The lowest BCUT2D eigenvalue weighted by Gasteiger charge is -2.26. The number of nitrogens with one attached hydrogen (secondary N) is 2. The molecule has 0 bridgehead atoms. The van der Waals surface area contributed by atoms with Crippen LogP contribution in [0, 0.1) is 0 Å². The quantitative estimate of drug-likeness (QED) is 0.265. The van der Waals surface area contributed by atoms with E-state index in [2.05, 4.69) is 24.1 Å². The molecule has 0 heterocycles. The van der Waals surface area contributed by atoms with Gasteiger partial charge in [0.15, 0.2) is 5.78 Å². The summed E-state index contributed by atoms with van der Waals surface area (Å²) in [6.07, 6.45) is 1.05. The molecule has 0 aromatic heterocycles. The fourth-order valence-electron chi connectivity index (χ4n) is 3.28. The Morgan fingerprint density at radius 1 is 0.962 bits per heavy atom. The Labute approximate surface area is 152 Å². The zero-order chi connectivity index (χ0) is 18.8. The number of phenols is 2. The van der Waals surface area contributed by atoms with Gasteiger partial charge in [0.1, 0.15) is 11.5 Å². The Morgan fingerprint density at radius 3 is 2.35 bits per heavy atom. The van der Waals surface area contributed by atoms with E-state index in [1.807, 2.05) is 0 Å². The number of aromatic hydroxyl groups is 2. The van der Waals surface area contributed by atoms with Gasteiger partial charge in [0.25, 0.3) is 0 Å². The molecule has 0 saturated carbocycles. The van der Waals surface area contributed by atoms with E-state index in [9.17, 15) is 15.0 Å². The van der Waals surface area contributed by atoms with Gasteiger partial charge in [-0.25, -0.2) is 0 Å². The third kappa shape index (κ3) is 2.88. The van der Waals surface area contributed by atoms with Gasteiger partial charge in [-0.2, -0.15) is 0 Å². The van der Waals surface area contributed by atoms with Crippen molar-refractivity contribution in [3.8, 4) is 11.5 Å². The van der Waals surface area contributed by atoms with Crippen molar-refractivity contribution in [3.63, 3.8) is 0 Å². The number of fused-ring (bicyclic) bond motifs is 2. The maximum Gasteiger partial charge on any atom is 0.200 e. The molecule has 0 radical (unpaired) electrons. The third-order valence-corrected chi connectivity index (χ3v) is 4.50. The number of ketones is 1. The van der Waals surface area contributed by atoms with Crippen LogP contribution in [0.4, 0.5) is 11.4 Å². The summed E-state index contributed by atoms with van der Waals surface area (Å²) in [6.45, 7) is 8.43. The second-order valence-corrected chi connectivity index (χ2v) is 6.29. The summed E-state index contributed by atoms with van der Waals surface area (Å²) in [6, 6.07) is 6.11. The Hall–Kier alpha value is -2.99. The summed E-state index contributed by atoms with van der Waals surface area (Å²) in [5, 5.41) is 26.9. The lowest BCUT2D eigenvalue weighted by molar-refractivity contribution is 0.103.